The maximum atomic E-state index is 11.5. The van der Waals surface area contributed by atoms with Crippen molar-refractivity contribution in [2.75, 3.05) is 0 Å². The standard InChI is InChI=1S/C13H12N2O3/c16-12-8-10(6-7-14-12)9-15-13(17)18-11-4-2-1-3-5-11/h1-8H,9H2,(H,14,16)(H,15,17). The van der Waals surface area contributed by atoms with Gasteiger partial charge in [0, 0.05) is 18.8 Å². The molecule has 1 amide bonds. The third-order valence-electron chi connectivity index (χ3n) is 2.23. The fourth-order valence-electron chi connectivity index (χ4n) is 1.40. The summed E-state index contributed by atoms with van der Waals surface area (Å²) < 4.78 is 5.03. The van der Waals surface area contributed by atoms with Crippen LogP contribution in [0.5, 0.6) is 5.75 Å². The molecule has 0 fully saturated rings. The van der Waals surface area contributed by atoms with Crippen molar-refractivity contribution in [2.45, 2.75) is 6.54 Å². The maximum Gasteiger partial charge on any atom is 0.412 e. The van der Waals surface area contributed by atoms with Gasteiger partial charge in [0.15, 0.2) is 0 Å². The van der Waals surface area contributed by atoms with Crippen LogP contribution in [0, 0.1) is 0 Å². The average molecular weight is 244 g/mol. The summed E-state index contributed by atoms with van der Waals surface area (Å²) in [5.41, 5.74) is 0.509. The molecule has 0 atom stereocenters. The number of para-hydroxylation sites is 1. The zero-order valence-electron chi connectivity index (χ0n) is 9.55. The van der Waals surface area contributed by atoms with Crippen LogP contribution in [0.2, 0.25) is 0 Å². The van der Waals surface area contributed by atoms with E-state index in [1.165, 1.54) is 12.3 Å². The van der Waals surface area contributed by atoms with E-state index in [9.17, 15) is 9.59 Å². The van der Waals surface area contributed by atoms with Gasteiger partial charge in [-0.25, -0.2) is 4.79 Å². The number of pyridine rings is 1. The first-order valence-corrected chi connectivity index (χ1v) is 5.42. The maximum absolute atomic E-state index is 11.5. The van der Waals surface area contributed by atoms with Gasteiger partial charge >= 0.3 is 6.09 Å². The molecule has 0 aliphatic heterocycles. The van der Waals surface area contributed by atoms with E-state index >= 15 is 0 Å². The minimum absolute atomic E-state index is 0.203. The highest BCUT2D eigenvalue weighted by atomic mass is 16.5. The number of carbonyl (C=O) groups excluding carboxylic acids is 1. The Labute approximate surface area is 103 Å². The Morgan fingerprint density at radius 2 is 2.00 bits per heavy atom. The predicted octanol–water partition coefficient (Wildman–Crippen LogP) is 1.66. The first-order valence-electron chi connectivity index (χ1n) is 5.42. The van der Waals surface area contributed by atoms with Crippen LogP contribution in [0.1, 0.15) is 5.56 Å². The molecule has 0 unspecified atom stereocenters. The summed E-state index contributed by atoms with van der Waals surface area (Å²) in [6.07, 6.45) is 0.975. The quantitative estimate of drug-likeness (QED) is 0.862. The minimum Gasteiger partial charge on any atom is -0.410 e. The summed E-state index contributed by atoms with van der Waals surface area (Å²) >= 11 is 0. The molecule has 0 aliphatic carbocycles. The van der Waals surface area contributed by atoms with Crippen LogP contribution in [0.25, 0.3) is 0 Å². The van der Waals surface area contributed by atoms with Gasteiger partial charge in [-0.15, -0.1) is 0 Å². The molecule has 1 aromatic carbocycles. The van der Waals surface area contributed by atoms with Gasteiger partial charge in [0.1, 0.15) is 5.75 Å². The number of hydrogen-bond acceptors (Lipinski definition) is 3. The highest BCUT2D eigenvalue weighted by molar-refractivity contribution is 5.70. The number of rotatable bonds is 3. The van der Waals surface area contributed by atoms with Crippen LogP contribution in [-0.2, 0) is 6.54 Å². The largest absolute Gasteiger partial charge is 0.412 e. The number of amides is 1. The van der Waals surface area contributed by atoms with E-state index in [-0.39, 0.29) is 12.1 Å². The van der Waals surface area contributed by atoms with E-state index < -0.39 is 6.09 Å². The number of aromatic nitrogens is 1. The molecule has 5 nitrogen and oxygen atoms in total. The van der Waals surface area contributed by atoms with Gasteiger partial charge in [0.25, 0.3) is 0 Å². The minimum atomic E-state index is -0.554. The zero-order valence-corrected chi connectivity index (χ0v) is 9.55. The van der Waals surface area contributed by atoms with Crippen molar-refractivity contribution < 1.29 is 9.53 Å². The molecule has 0 saturated heterocycles. The molecule has 0 spiro atoms. The molecule has 2 N–H and O–H groups in total. The van der Waals surface area contributed by atoms with E-state index in [1.807, 2.05) is 6.07 Å². The number of carbonyl (C=O) groups is 1. The smallest absolute Gasteiger partial charge is 0.410 e. The van der Waals surface area contributed by atoms with Crippen molar-refractivity contribution >= 4 is 6.09 Å². The van der Waals surface area contributed by atoms with Crippen LogP contribution in [0.3, 0.4) is 0 Å². The second-order valence-corrected chi connectivity index (χ2v) is 3.62. The Hall–Kier alpha value is -2.56. The molecular weight excluding hydrogens is 232 g/mol. The number of hydrogen-bond donors (Lipinski definition) is 2. The Balaban J connectivity index is 1.87. The third kappa shape index (κ3) is 3.48. The van der Waals surface area contributed by atoms with Crippen molar-refractivity contribution in [1.29, 1.82) is 0 Å². The van der Waals surface area contributed by atoms with Gasteiger partial charge in [0.05, 0.1) is 0 Å². The van der Waals surface area contributed by atoms with Crippen molar-refractivity contribution in [3.63, 3.8) is 0 Å². The second kappa shape index (κ2) is 5.67. The van der Waals surface area contributed by atoms with Crippen LogP contribution in [-0.4, -0.2) is 11.1 Å². The van der Waals surface area contributed by atoms with Gasteiger partial charge < -0.3 is 15.0 Å². The lowest BCUT2D eigenvalue weighted by molar-refractivity contribution is 0.200. The summed E-state index contributed by atoms with van der Waals surface area (Å²) in [5, 5.41) is 2.56. The SMILES string of the molecule is O=C(NCc1cc[nH]c(=O)c1)Oc1ccccc1. The van der Waals surface area contributed by atoms with Gasteiger partial charge in [-0.1, -0.05) is 18.2 Å². The third-order valence-corrected chi connectivity index (χ3v) is 2.23. The number of aromatic amines is 1. The van der Waals surface area contributed by atoms with Crippen molar-refractivity contribution in [2.24, 2.45) is 0 Å². The van der Waals surface area contributed by atoms with Crippen LogP contribution in [0.15, 0.2) is 53.5 Å². The first-order chi connectivity index (χ1) is 8.74. The summed E-state index contributed by atoms with van der Waals surface area (Å²) in [5.74, 6) is 0.473. The van der Waals surface area contributed by atoms with E-state index in [0.29, 0.717) is 11.3 Å². The van der Waals surface area contributed by atoms with E-state index in [4.69, 9.17) is 4.74 Å². The Bertz CT molecular complexity index is 578. The van der Waals surface area contributed by atoms with E-state index in [1.54, 1.807) is 30.3 Å². The summed E-state index contributed by atoms with van der Waals surface area (Å²) in [4.78, 5) is 25.0. The molecular formula is C13H12N2O3. The average Bonchev–Trinajstić information content (AvgIpc) is 2.38. The molecule has 0 saturated carbocycles. The Morgan fingerprint density at radius 1 is 1.22 bits per heavy atom. The molecule has 5 heteroatoms. The fraction of sp³-hybridized carbons (Fsp3) is 0.0769. The van der Waals surface area contributed by atoms with E-state index in [0.717, 1.165) is 0 Å². The van der Waals surface area contributed by atoms with Crippen LogP contribution < -0.4 is 15.6 Å². The van der Waals surface area contributed by atoms with Gasteiger partial charge in [0.2, 0.25) is 5.56 Å². The Morgan fingerprint density at radius 3 is 2.72 bits per heavy atom. The van der Waals surface area contributed by atoms with Crippen molar-refractivity contribution in [3.05, 3.63) is 64.6 Å². The first kappa shape index (κ1) is 11.9. The molecule has 2 aromatic rings. The van der Waals surface area contributed by atoms with Crippen LogP contribution >= 0.6 is 0 Å². The molecule has 0 bridgehead atoms. The molecule has 0 radical (unpaired) electrons. The normalized spacial score (nSPS) is 9.78. The topological polar surface area (TPSA) is 71.2 Å². The molecule has 18 heavy (non-hydrogen) atoms. The fourth-order valence-corrected chi connectivity index (χ4v) is 1.40. The van der Waals surface area contributed by atoms with Gasteiger partial charge in [-0.3, -0.25) is 4.79 Å². The second-order valence-electron chi connectivity index (χ2n) is 3.62. The van der Waals surface area contributed by atoms with Crippen molar-refractivity contribution in [3.8, 4) is 5.75 Å². The lowest BCUT2D eigenvalue weighted by Gasteiger charge is -2.06. The predicted molar refractivity (Wildman–Crippen MR) is 66.4 cm³/mol. The molecule has 1 heterocycles. The Kier molecular flexibility index (Phi) is 3.76. The number of H-pyrrole nitrogens is 1. The van der Waals surface area contributed by atoms with Gasteiger partial charge in [-0.2, -0.15) is 0 Å². The lowest BCUT2D eigenvalue weighted by atomic mass is 10.3. The monoisotopic (exact) mass is 244 g/mol. The molecule has 0 aliphatic rings. The lowest BCUT2D eigenvalue weighted by Crippen LogP contribution is -2.26. The zero-order chi connectivity index (χ0) is 12.8. The molecule has 2 rings (SSSR count). The summed E-state index contributed by atoms with van der Waals surface area (Å²) in [6, 6.07) is 11.9. The highest BCUT2D eigenvalue weighted by Gasteiger charge is 2.03. The number of nitrogens with one attached hydrogen (secondary N) is 2. The highest BCUT2D eigenvalue weighted by Crippen LogP contribution is 2.08. The molecule has 92 valence electrons. The van der Waals surface area contributed by atoms with E-state index in [2.05, 4.69) is 10.3 Å². The van der Waals surface area contributed by atoms with Gasteiger partial charge in [-0.05, 0) is 23.8 Å². The number of ether oxygens (including phenoxy) is 1. The summed E-state index contributed by atoms with van der Waals surface area (Å²) in [7, 11) is 0. The van der Waals surface area contributed by atoms with Crippen molar-refractivity contribution in [1.82, 2.24) is 10.3 Å². The summed E-state index contributed by atoms with van der Waals surface area (Å²) in [6.45, 7) is 0.246. The molecule has 1 aromatic heterocycles. The van der Waals surface area contributed by atoms with Crippen LogP contribution in [0.4, 0.5) is 4.79 Å². The number of benzene rings is 1.